The highest BCUT2D eigenvalue weighted by atomic mass is 16.5. The third-order valence-corrected chi connectivity index (χ3v) is 4.79. The minimum atomic E-state index is -0.555. The van der Waals surface area contributed by atoms with Crippen LogP contribution in [-0.2, 0) is 28.7 Å². The van der Waals surface area contributed by atoms with Gasteiger partial charge in [-0.3, -0.25) is 14.4 Å². The quantitative estimate of drug-likeness (QED) is 0.384. The molecule has 0 amide bonds. The van der Waals surface area contributed by atoms with Crippen LogP contribution in [0.15, 0.2) is 22.8 Å². The van der Waals surface area contributed by atoms with E-state index in [-0.39, 0.29) is 35.4 Å². The van der Waals surface area contributed by atoms with Crippen molar-refractivity contribution in [2.75, 3.05) is 7.11 Å². The molecule has 1 fully saturated rings. The van der Waals surface area contributed by atoms with Gasteiger partial charge in [-0.25, -0.2) is 4.79 Å². The van der Waals surface area contributed by atoms with E-state index in [1.807, 2.05) is 6.92 Å². The standard InChI is InChI=1S/C21H30O6/c1-12-7-18(13(2)9-15(4)22)19(20(8-12)27-16(5)23)11-17(24)10-14(3)21(25)26-6/h10,12,19-20H,7-9,11H2,1-6H3/t12-,19+,20-/m1/s1. The van der Waals surface area contributed by atoms with Gasteiger partial charge < -0.3 is 9.47 Å². The summed E-state index contributed by atoms with van der Waals surface area (Å²) in [5.74, 6) is -1.14. The molecule has 0 aliphatic heterocycles. The fourth-order valence-electron chi connectivity index (χ4n) is 3.71. The van der Waals surface area contributed by atoms with Crippen molar-refractivity contribution in [1.82, 2.24) is 0 Å². The molecule has 3 atom stereocenters. The number of methoxy groups -OCH3 is 1. The summed E-state index contributed by atoms with van der Waals surface area (Å²) in [5, 5.41) is 0. The Labute approximate surface area is 161 Å². The van der Waals surface area contributed by atoms with Crippen molar-refractivity contribution in [2.24, 2.45) is 11.8 Å². The van der Waals surface area contributed by atoms with Crippen LogP contribution in [-0.4, -0.2) is 36.7 Å². The summed E-state index contributed by atoms with van der Waals surface area (Å²) in [4.78, 5) is 47.2. The first kappa shape index (κ1) is 22.8. The third-order valence-electron chi connectivity index (χ3n) is 4.79. The van der Waals surface area contributed by atoms with Crippen molar-refractivity contribution in [1.29, 1.82) is 0 Å². The van der Waals surface area contributed by atoms with Crippen LogP contribution in [0.2, 0.25) is 0 Å². The van der Waals surface area contributed by atoms with Crippen LogP contribution in [0.1, 0.15) is 60.3 Å². The van der Waals surface area contributed by atoms with Crippen LogP contribution in [0.25, 0.3) is 0 Å². The highest BCUT2D eigenvalue weighted by Gasteiger charge is 2.36. The summed E-state index contributed by atoms with van der Waals surface area (Å²) in [6, 6.07) is 0. The Morgan fingerprint density at radius 1 is 1.11 bits per heavy atom. The third kappa shape index (κ3) is 7.12. The zero-order valence-corrected chi connectivity index (χ0v) is 17.1. The van der Waals surface area contributed by atoms with Crippen molar-refractivity contribution in [2.45, 2.75) is 66.4 Å². The van der Waals surface area contributed by atoms with E-state index >= 15 is 0 Å². The molecule has 1 aliphatic rings. The topological polar surface area (TPSA) is 86.7 Å². The molecular formula is C21H30O6. The van der Waals surface area contributed by atoms with Crippen molar-refractivity contribution in [3.05, 3.63) is 22.8 Å². The lowest BCUT2D eigenvalue weighted by molar-refractivity contribution is -0.151. The first-order valence-electron chi connectivity index (χ1n) is 9.19. The maximum atomic E-state index is 12.5. The molecule has 0 aromatic rings. The summed E-state index contributed by atoms with van der Waals surface area (Å²) < 4.78 is 10.1. The molecule has 27 heavy (non-hydrogen) atoms. The fraction of sp³-hybridized carbons (Fsp3) is 0.619. The van der Waals surface area contributed by atoms with E-state index in [2.05, 4.69) is 11.7 Å². The largest absolute Gasteiger partial charge is 0.466 e. The van der Waals surface area contributed by atoms with Gasteiger partial charge in [0.15, 0.2) is 5.78 Å². The van der Waals surface area contributed by atoms with Gasteiger partial charge in [0.05, 0.1) is 7.11 Å². The van der Waals surface area contributed by atoms with Gasteiger partial charge in [0.2, 0.25) is 0 Å². The summed E-state index contributed by atoms with van der Waals surface area (Å²) in [5.41, 5.74) is 2.16. The summed E-state index contributed by atoms with van der Waals surface area (Å²) >= 11 is 0. The molecule has 0 radical (unpaired) electrons. The number of hydrogen-bond donors (Lipinski definition) is 0. The zero-order chi connectivity index (χ0) is 20.7. The molecule has 0 unspecified atom stereocenters. The summed E-state index contributed by atoms with van der Waals surface area (Å²) in [6.07, 6.45) is 2.70. The molecule has 1 aliphatic carbocycles. The van der Waals surface area contributed by atoms with E-state index in [1.165, 1.54) is 34.0 Å². The molecule has 0 heterocycles. The molecular weight excluding hydrogens is 348 g/mol. The van der Waals surface area contributed by atoms with E-state index in [4.69, 9.17) is 4.74 Å². The monoisotopic (exact) mass is 378 g/mol. The second kappa shape index (κ2) is 10.2. The molecule has 0 bridgehead atoms. The van der Waals surface area contributed by atoms with Crippen LogP contribution in [0.4, 0.5) is 0 Å². The lowest BCUT2D eigenvalue weighted by atomic mass is 9.72. The molecule has 0 aromatic carbocycles. The maximum absolute atomic E-state index is 12.5. The number of hydrogen-bond acceptors (Lipinski definition) is 6. The summed E-state index contributed by atoms with van der Waals surface area (Å²) in [6.45, 7) is 8.37. The van der Waals surface area contributed by atoms with Crippen LogP contribution >= 0.6 is 0 Å². The van der Waals surface area contributed by atoms with Gasteiger partial charge in [0, 0.05) is 31.3 Å². The lowest BCUT2D eigenvalue weighted by Crippen LogP contribution is -2.36. The SMILES string of the molecule is COC(=O)C(C)=CC(=O)C[C@H]1C(=C(C)CC(C)=O)C[C@@H](C)C[C@H]1OC(C)=O. The van der Waals surface area contributed by atoms with Gasteiger partial charge in [-0.15, -0.1) is 0 Å². The van der Waals surface area contributed by atoms with Gasteiger partial charge in [-0.1, -0.05) is 18.1 Å². The van der Waals surface area contributed by atoms with Crippen molar-refractivity contribution >= 4 is 23.5 Å². The second-order valence-electron chi connectivity index (χ2n) is 7.47. The molecule has 1 rings (SSSR count). The van der Waals surface area contributed by atoms with Gasteiger partial charge >= 0.3 is 11.9 Å². The average Bonchev–Trinajstić information content (AvgIpc) is 2.54. The molecule has 0 spiro atoms. The fourth-order valence-corrected chi connectivity index (χ4v) is 3.71. The normalized spacial score (nSPS) is 24.8. The van der Waals surface area contributed by atoms with E-state index in [1.54, 1.807) is 0 Å². The van der Waals surface area contributed by atoms with E-state index in [9.17, 15) is 19.2 Å². The van der Waals surface area contributed by atoms with E-state index < -0.39 is 18.0 Å². The number of Topliss-reactive ketones (excluding diaryl/α,β-unsaturated/α-hetero) is 1. The van der Waals surface area contributed by atoms with Gasteiger partial charge in [-0.2, -0.15) is 0 Å². The summed E-state index contributed by atoms with van der Waals surface area (Å²) in [7, 11) is 1.26. The van der Waals surface area contributed by atoms with Crippen molar-refractivity contribution < 1.29 is 28.7 Å². The Balaban J connectivity index is 3.20. The van der Waals surface area contributed by atoms with Crippen molar-refractivity contribution in [3.8, 4) is 0 Å². The average molecular weight is 378 g/mol. The second-order valence-corrected chi connectivity index (χ2v) is 7.47. The molecule has 0 saturated heterocycles. The highest BCUT2D eigenvalue weighted by molar-refractivity contribution is 5.99. The Bertz CT molecular complexity index is 670. The van der Waals surface area contributed by atoms with Crippen LogP contribution in [0, 0.1) is 11.8 Å². The number of rotatable bonds is 7. The molecule has 1 saturated carbocycles. The van der Waals surface area contributed by atoms with E-state index in [0.29, 0.717) is 12.8 Å². The first-order valence-corrected chi connectivity index (χ1v) is 9.19. The number of ketones is 2. The predicted octanol–water partition coefficient (Wildman–Crippen LogP) is 3.34. The Morgan fingerprint density at radius 2 is 1.74 bits per heavy atom. The minimum Gasteiger partial charge on any atom is -0.466 e. The Morgan fingerprint density at radius 3 is 2.26 bits per heavy atom. The first-order chi connectivity index (χ1) is 12.5. The number of carbonyl (C=O) groups excluding carboxylic acids is 4. The highest BCUT2D eigenvalue weighted by Crippen LogP contribution is 2.40. The van der Waals surface area contributed by atoms with Gasteiger partial charge in [-0.05, 0) is 45.6 Å². The van der Waals surface area contributed by atoms with Crippen LogP contribution in [0.3, 0.4) is 0 Å². The van der Waals surface area contributed by atoms with Gasteiger partial charge in [0.25, 0.3) is 0 Å². The predicted molar refractivity (Wildman–Crippen MR) is 101 cm³/mol. The zero-order valence-electron chi connectivity index (χ0n) is 17.1. The number of carbonyl (C=O) groups is 4. The smallest absolute Gasteiger partial charge is 0.333 e. The lowest BCUT2D eigenvalue weighted by Gasteiger charge is -2.37. The maximum Gasteiger partial charge on any atom is 0.333 e. The van der Waals surface area contributed by atoms with Crippen LogP contribution in [0.5, 0.6) is 0 Å². The molecule has 6 nitrogen and oxygen atoms in total. The molecule has 0 aromatic heterocycles. The molecule has 0 N–H and O–H groups in total. The van der Waals surface area contributed by atoms with Gasteiger partial charge in [0.1, 0.15) is 11.9 Å². The Kier molecular flexibility index (Phi) is 8.60. The van der Waals surface area contributed by atoms with Crippen molar-refractivity contribution in [3.63, 3.8) is 0 Å². The minimum absolute atomic E-state index is 0.0498. The number of allylic oxidation sites excluding steroid dienone is 2. The number of esters is 2. The number of ether oxygens (including phenoxy) is 2. The Hall–Kier alpha value is -2.24. The van der Waals surface area contributed by atoms with E-state index in [0.717, 1.165) is 17.6 Å². The molecule has 6 heteroatoms. The van der Waals surface area contributed by atoms with Crippen LogP contribution < -0.4 is 0 Å². The molecule has 150 valence electrons.